The van der Waals surface area contributed by atoms with Crippen LogP contribution < -0.4 is 14.7 Å². The number of hydrogen-bond donors (Lipinski definition) is 3. The van der Waals surface area contributed by atoms with E-state index in [0.717, 1.165) is 0 Å². The molecule has 0 radical (unpaired) electrons. The van der Waals surface area contributed by atoms with Gasteiger partial charge in [0.25, 0.3) is 0 Å². The van der Waals surface area contributed by atoms with Crippen LogP contribution in [-0.2, 0) is 9.13 Å². The maximum atomic E-state index is 8.88. The molecule has 0 aliphatic rings. The molecule has 0 aliphatic heterocycles. The molecule has 0 aromatic rings. The van der Waals surface area contributed by atoms with Gasteiger partial charge in [0.05, 0.1) is 0 Å². The van der Waals surface area contributed by atoms with Crippen LogP contribution in [-0.4, -0.2) is 43.0 Å². The molecule has 0 amide bonds. The van der Waals surface area contributed by atoms with Gasteiger partial charge in [-0.3, -0.25) is 0 Å². The average Bonchev–Trinajstić information content (AvgIpc) is 1.12. The predicted octanol–water partition coefficient (Wildman–Crippen LogP) is -5.73. The van der Waals surface area contributed by atoms with Crippen molar-refractivity contribution in [2.24, 2.45) is 0 Å². The third kappa shape index (κ3) is 1580. The fourth-order valence-electron chi connectivity index (χ4n) is 0. The van der Waals surface area contributed by atoms with Crippen molar-refractivity contribution in [2.45, 2.75) is 0 Å². The molecule has 14 heavy (non-hydrogen) atoms. The van der Waals surface area contributed by atoms with Gasteiger partial charge in [-0.1, -0.05) is 0 Å². The third-order valence-corrected chi connectivity index (χ3v) is 0. The predicted molar refractivity (Wildman–Crippen MR) is 46.0 cm³/mol. The molecular weight excluding hydrogens is 280 g/mol. The van der Waals surface area contributed by atoms with Crippen LogP contribution in [0.5, 0.6) is 0 Å². The Labute approximate surface area is 92.8 Å². The summed E-state index contributed by atoms with van der Waals surface area (Å²) in [6.07, 6.45) is 0. The first-order chi connectivity index (χ1) is 4.00. The zero-order valence-corrected chi connectivity index (χ0v) is 10.9. The van der Waals surface area contributed by atoms with Crippen molar-refractivity contribution in [1.29, 1.82) is 0 Å². The summed E-state index contributed by atoms with van der Waals surface area (Å²) in [6.45, 7) is 0. The molecule has 1 unspecified atom stereocenters. The molecule has 10 nitrogen and oxygen atoms in total. The molecule has 14 heteroatoms. The minimum Gasteiger partial charge on any atom is -0.822 e. The van der Waals surface area contributed by atoms with Crippen LogP contribution in [0.1, 0.15) is 0 Å². The molecule has 0 heterocycles. The first kappa shape index (κ1) is 36.3. The van der Waals surface area contributed by atoms with Crippen LogP contribution in [0.3, 0.4) is 0 Å². The molecule has 0 rings (SSSR count). The van der Waals surface area contributed by atoms with E-state index in [2.05, 4.69) is 0 Å². The zero-order valence-electron chi connectivity index (χ0n) is 6.56. The van der Waals surface area contributed by atoms with Crippen LogP contribution >= 0.6 is 25.5 Å². The van der Waals surface area contributed by atoms with Crippen LogP contribution in [0.25, 0.3) is 0 Å². The minimum absolute atomic E-state index is 0. The fourth-order valence-corrected chi connectivity index (χ4v) is 0. The molecule has 0 fully saturated rings. The van der Waals surface area contributed by atoms with Crippen molar-refractivity contribution in [3.8, 4) is 0 Å². The zero-order chi connectivity index (χ0) is 9.00. The SMILES string of the molecule is O.O.O=P(O)(O)O.O=P([O-])([O-])[O-].P.[Al+3]. The van der Waals surface area contributed by atoms with E-state index in [0.29, 0.717) is 0 Å². The van der Waals surface area contributed by atoms with Crippen LogP contribution in [0.2, 0.25) is 0 Å². The summed E-state index contributed by atoms with van der Waals surface area (Å²) < 4.78 is 17.4. The Morgan fingerprint density at radius 1 is 0.857 bits per heavy atom. The minimum atomic E-state index is -5.39. The largest absolute Gasteiger partial charge is 3.00 e. The second-order valence-electron chi connectivity index (χ2n) is 0.960. The van der Waals surface area contributed by atoms with Gasteiger partial charge in [-0.2, -0.15) is 17.7 Å². The monoisotopic (exact) mass is 290 g/mol. The second kappa shape index (κ2) is 14.1. The van der Waals surface area contributed by atoms with E-state index in [1.54, 1.807) is 0 Å². The van der Waals surface area contributed by atoms with Gasteiger partial charge in [0.1, 0.15) is 0 Å². The first-order valence-electron chi connectivity index (χ1n) is 1.51. The maximum absolute atomic E-state index is 8.88. The van der Waals surface area contributed by atoms with Crippen molar-refractivity contribution in [2.75, 3.05) is 0 Å². The Kier molecular flexibility index (Phi) is 36.5. The number of phosphoric acid groups is 2. The van der Waals surface area contributed by atoms with E-state index >= 15 is 0 Å². The van der Waals surface area contributed by atoms with E-state index in [1.165, 1.54) is 0 Å². The van der Waals surface area contributed by atoms with Gasteiger partial charge in [-0.25, -0.2) is 4.57 Å². The van der Waals surface area contributed by atoms with E-state index in [1.807, 2.05) is 0 Å². The Morgan fingerprint density at radius 2 is 0.857 bits per heavy atom. The van der Waals surface area contributed by atoms with Crippen molar-refractivity contribution < 1.29 is 49.4 Å². The topological polar surface area (TPSA) is 227 Å². The van der Waals surface area contributed by atoms with Crippen molar-refractivity contribution in [3.05, 3.63) is 0 Å². The standard InChI is InChI=1S/Al.2H3O4P.2H2O.H3P/c;2*1-5(2,3)4;;;/h;2*(H3,1,2,3,4);2*1H2;1H3/q+3;;;;;/p-3. The summed E-state index contributed by atoms with van der Waals surface area (Å²) in [5.74, 6) is 0. The molecule has 0 spiro atoms. The quantitative estimate of drug-likeness (QED) is 0.286. The Bertz CT molecular complexity index is 128. The van der Waals surface area contributed by atoms with Gasteiger partial charge >= 0.3 is 25.2 Å². The maximum Gasteiger partial charge on any atom is 3.00 e. The van der Waals surface area contributed by atoms with Crippen LogP contribution in [0, 0.1) is 0 Å². The van der Waals surface area contributed by atoms with E-state index in [-0.39, 0.29) is 38.2 Å². The van der Waals surface area contributed by atoms with Crippen LogP contribution in [0.4, 0.5) is 0 Å². The Morgan fingerprint density at radius 3 is 0.857 bits per heavy atom. The normalized spacial score (nSPS) is 8.43. The van der Waals surface area contributed by atoms with E-state index in [4.69, 9.17) is 38.5 Å². The summed E-state index contributed by atoms with van der Waals surface area (Å²) in [5, 5.41) is 0. The molecule has 7 N–H and O–H groups in total. The van der Waals surface area contributed by atoms with Crippen molar-refractivity contribution in [3.63, 3.8) is 0 Å². The summed E-state index contributed by atoms with van der Waals surface area (Å²) in [5.41, 5.74) is 0. The van der Waals surface area contributed by atoms with Gasteiger partial charge in [0, 0.05) is 0 Å². The van der Waals surface area contributed by atoms with Crippen molar-refractivity contribution >= 4 is 42.9 Å². The molecule has 0 saturated heterocycles. The Hall–Kier alpha value is 1.10. The summed E-state index contributed by atoms with van der Waals surface area (Å²) in [4.78, 5) is 47.2. The van der Waals surface area contributed by atoms with Gasteiger partial charge < -0.3 is 44.9 Å². The van der Waals surface area contributed by atoms with Gasteiger partial charge in [-0.05, 0) is 0 Å². The molecule has 0 aromatic heterocycles. The van der Waals surface area contributed by atoms with Gasteiger partial charge in [0.15, 0.2) is 0 Å². The molecule has 1 atom stereocenters. The molecule has 0 bridgehead atoms. The molecular formula is H10AlO10P3. The van der Waals surface area contributed by atoms with E-state index < -0.39 is 15.6 Å². The summed E-state index contributed by atoms with van der Waals surface area (Å²) in [6, 6.07) is 0. The molecule has 0 saturated carbocycles. The third-order valence-electron chi connectivity index (χ3n) is 0. The number of hydrogen-bond acceptors (Lipinski definition) is 5. The van der Waals surface area contributed by atoms with Crippen molar-refractivity contribution in [1.82, 2.24) is 0 Å². The molecule has 0 aromatic carbocycles. The molecule has 88 valence electrons. The molecule has 0 aliphatic carbocycles. The van der Waals surface area contributed by atoms with Gasteiger partial charge in [-0.15, -0.1) is 0 Å². The van der Waals surface area contributed by atoms with Crippen LogP contribution in [0.15, 0.2) is 0 Å². The fraction of sp³-hybridized carbons (Fsp3) is 0. The average molecular weight is 290 g/mol. The summed E-state index contributed by atoms with van der Waals surface area (Å²) >= 11 is 0. The van der Waals surface area contributed by atoms with Gasteiger partial charge in [0.2, 0.25) is 0 Å². The summed E-state index contributed by atoms with van der Waals surface area (Å²) in [7, 11) is -10.0. The second-order valence-corrected chi connectivity index (χ2v) is 2.88. The first-order valence-corrected chi connectivity index (χ1v) is 4.54. The Balaban J connectivity index is -0.0000000178. The number of rotatable bonds is 0. The smallest absolute Gasteiger partial charge is 0.822 e. The van der Waals surface area contributed by atoms with E-state index in [9.17, 15) is 0 Å².